The number of amides is 1. The third-order valence-electron chi connectivity index (χ3n) is 2.40. The summed E-state index contributed by atoms with van der Waals surface area (Å²) in [5, 5.41) is 5.61. The van der Waals surface area contributed by atoms with Crippen molar-refractivity contribution < 1.29 is 4.79 Å². The molecular weight excluding hydrogens is 228 g/mol. The van der Waals surface area contributed by atoms with Gasteiger partial charge in [0.15, 0.2) is 0 Å². The van der Waals surface area contributed by atoms with E-state index in [1.807, 2.05) is 25.1 Å². The highest BCUT2D eigenvalue weighted by molar-refractivity contribution is 5.94. The maximum Gasteiger partial charge on any atom is 0.238 e. The summed E-state index contributed by atoms with van der Waals surface area (Å²) in [5.74, 6) is 3.14. The van der Waals surface area contributed by atoms with Crippen molar-refractivity contribution in [3.05, 3.63) is 24.0 Å². The number of imidazole rings is 1. The van der Waals surface area contributed by atoms with E-state index in [2.05, 4.69) is 26.5 Å². The van der Waals surface area contributed by atoms with E-state index in [0.717, 1.165) is 22.5 Å². The number of fused-ring (bicyclic) bond motifs is 1. The molecule has 2 aromatic rings. The van der Waals surface area contributed by atoms with Crippen LogP contribution in [0.1, 0.15) is 5.82 Å². The molecule has 5 heteroatoms. The Labute approximate surface area is 105 Å². The van der Waals surface area contributed by atoms with Crippen LogP contribution >= 0.6 is 0 Å². The molecule has 0 spiro atoms. The number of hydrogen-bond donors (Lipinski definition) is 3. The number of aromatic amines is 1. The number of aromatic nitrogens is 2. The van der Waals surface area contributed by atoms with E-state index in [1.165, 1.54) is 0 Å². The largest absolute Gasteiger partial charge is 0.342 e. The van der Waals surface area contributed by atoms with Crippen LogP contribution in [0.4, 0.5) is 5.69 Å². The minimum Gasteiger partial charge on any atom is -0.342 e. The Balaban J connectivity index is 2.03. The van der Waals surface area contributed by atoms with E-state index < -0.39 is 0 Å². The molecule has 0 bridgehead atoms. The molecule has 3 N–H and O–H groups in total. The Kier molecular flexibility index (Phi) is 3.60. The molecule has 1 amide bonds. The highest BCUT2D eigenvalue weighted by Crippen LogP contribution is 2.16. The number of aryl methyl sites for hydroxylation is 1. The monoisotopic (exact) mass is 242 g/mol. The van der Waals surface area contributed by atoms with Crippen LogP contribution in [-0.2, 0) is 4.79 Å². The van der Waals surface area contributed by atoms with Gasteiger partial charge in [0, 0.05) is 5.69 Å². The molecule has 1 aromatic carbocycles. The fourth-order valence-corrected chi connectivity index (χ4v) is 1.67. The second kappa shape index (κ2) is 5.34. The fraction of sp³-hybridized carbons (Fsp3) is 0.231. The molecule has 0 radical (unpaired) electrons. The molecule has 0 fully saturated rings. The van der Waals surface area contributed by atoms with Gasteiger partial charge in [0.25, 0.3) is 0 Å². The molecule has 0 atom stereocenters. The molecule has 0 unspecified atom stereocenters. The van der Waals surface area contributed by atoms with Gasteiger partial charge >= 0.3 is 0 Å². The van der Waals surface area contributed by atoms with Gasteiger partial charge < -0.3 is 10.3 Å². The highest BCUT2D eigenvalue weighted by atomic mass is 16.1. The van der Waals surface area contributed by atoms with Crippen LogP contribution in [0.5, 0.6) is 0 Å². The smallest absolute Gasteiger partial charge is 0.238 e. The van der Waals surface area contributed by atoms with Gasteiger partial charge in [-0.3, -0.25) is 10.1 Å². The lowest BCUT2D eigenvalue weighted by atomic mass is 10.2. The number of nitrogens with zero attached hydrogens (tertiary/aromatic N) is 1. The summed E-state index contributed by atoms with van der Waals surface area (Å²) >= 11 is 0. The SMILES string of the molecule is C#CCNCC(=O)Nc1ccc2nc(C)[nH]c2c1. The lowest BCUT2D eigenvalue weighted by Crippen LogP contribution is -2.28. The van der Waals surface area contributed by atoms with Crippen molar-refractivity contribution in [3.8, 4) is 12.3 Å². The zero-order chi connectivity index (χ0) is 13.0. The molecule has 1 heterocycles. The number of nitrogens with one attached hydrogen (secondary N) is 3. The zero-order valence-corrected chi connectivity index (χ0v) is 10.1. The highest BCUT2D eigenvalue weighted by Gasteiger charge is 2.04. The van der Waals surface area contributed by atoms with Gasteiger partial charge in [0.2, 0.25) is 5.91 Å². The van der Waals surface area contributed by atoms with Crippen LogP contribution in [-0.4, -0.2) is 29.0 Å². The Bertz CT molecular complexity index is 609. The van der Waals surface area contributed by atoms with Crippen molar-refractivity contribution >= 4 is 22.6 Å². The maximum atomic E-state index is 11.6. The minimum atomic E-state index is -0.124. The molecular formula is C13H14N4O. The molecule has 0 saturated heterocycles. The number of carbonyl (C=O) groups excluding carboxylic acids is 1. The van der Waals surface area contributed by atoms with Crippen LogP contribution < -0.4 is 10.6 Å². The first kappa shape index (κ1) is 12.1. The van der Waals surface area contributed by atoms with Crippen molar-refractivity contribution in [3.63, 3.8) is 0 Å². The average molecular weight is 242 g/mol. The molecule has 2 rings (SSSR count). The first-order chi connectivity index (χ1) is 8.69. The second-order valence-corrected chi connectivity index (χ2v) is 3.91. The lowest BCUT2D eigenvalue weighted by molar-refractivity contribution is -0.115. The summed E-state index contributed by atoms with van der Waals surface area (Å²) in [6, 6.07) is 5.54. The van der Waals surface area contributed by atoms with Crippen molar-refractivity contribution in [2.75, 3.05) is 18.4 Å². The predicted molar refractivity (Wildman–Crippen MR) is 71.2 cm³/mol. The molecule has 0 aliphatic carbocycles. The van der Waals surface area contributed by atoms with Crippen LogP contribution in [0.25, 0.3) is 11.0 Å². The third-order valence-corrected chi connectivity index (χ3v) is 2.40. The van der Waals surface area contributed by atoms with E-state index in [9.17, 15) is 4.79 Å². The van der Waals surface area contributed by atoms with E-state index >= 15 is 0 Å². The second-order valence-electron chi connectivity index (χ2n) is 3.91. The Morgan fingerprint density at radius 1 is 1.56 bits per heavy atom. The summed E-state index contributed by atoms with van der Waals surface area (Å²) < 4.78 is 0. The Morgan fingerprint density at radius 3 is 3.17 bits per heavy atom. The van der Waals surface area contributed by atoms with Gasteiger partial charge in [-0.15, -0.1) is 6.42 Å². The Hall–Kier alpha value is -2.32. The van der Waals surface area contributed by atoms with Gasteiger partial charge in [-0.1, -0.05) is 5.92 Å². The molecule has 1 aromatic heterocycles. The van der Waals surface area contributed by atoms with Gasteiger partial charge in [0.1, 0.15) is 5.82 Å². The molecule has 92 valence electrons. The number of rotatable bonds is 4. The van der Waals surface area contributed by atoms with Crippen LogP contribution in [0, 0.1) is 19.3 Å². The van der Waals surface area contributed by atoms with Crippen LogP contribution in [0.2, 0.25) is 0 Å². The van der Waals surface area contributed by atoms with E-state index in [1.54, 1.807) is 0 Å². The van der Waals surface area contributed by atoms with E-state index in [4.69, 9.17) is 6.42 Å². The number of terminal acetylenes is 1. The Morgan fingerprint density at radius 2 is 2.39 bits per heavy atom. The summed E-state index contributed by atoms with van der Waals surface area (Å²) in [6.45, 7) is 2.47. The molecule has 0 aliphatic heterocycles. The number of hydrogen-bond acceptors (Lipinski definition) is 3. The molecule has 0 aliphatic rings. The standard InChI is InChI=1S/C13H14N4O/c1-3-6-14-8-13(18)17-10-4-5-11-12(7-10)16-9(2)15-11/h1,4-5,7,14H,6,8H2,2H3,(H,15,16)(H,17,18). The number of H-pyrrole nitrogens is 1. The summed E-state index contributed by atoms with van der Waals surface area (Å²) in [5.41, 5.74) is 2.52. The lowest BCUT2D eigenvalue weighted by Gasteiger charge is -2.05. The van der Waals surface area contributed by atoms with Crippen molar-refractivity contribution in [2.24, 2.45) is 0 Å². The van der Waals surface area contributed by atoms with Gasteiger partial charge in [-0.25, -0.2) is 4.98 Å². The first-order valence-corrected chi connectivity index (χ1v) is 5.59. The third kappa shape index (κ3) is 2.87. The topological polar surface area (TPSA) is 69.8 Å². The summed E-state index contributed by atoms with van der Waals surface area (Å²) in [6.07, 6.45) is 5.08. The van der Waals surface area contributed by atoms with Crippen LogP contribution in [0.15, 0.2) is 18.2 Å². The average Bonchev–Trinajstić information content (AvgIpc) is 2.69. The van der Waals surface area contributed by atoms with Crippen molar-refractivity contribution in [1.29, 1.82) is 0 Å². The fourth-order valence-electron chi connectivity index (χ4n) is 1.67. The van der Waals surface area contributed by atoms with E-state index in [-0.39, 0.29) is 12.5 Å². The summed E-state index contributed by atoms with van der Waals surface area (Å²) in [7, 11) is 0. The van der Waals surface area contributed by atoms with Crippen molar-refractivity contribution in [2.45, 2.75) is 6.92 Å². The molecule has 0 saturated carbocycles. The quantitative estimate of drug-likeness (QED) is 0.554. The minimum absolute atomic E-state index is 0.124. The summed E-state index contributed by atoms with van der Waals surface area (Å²) in [4.78, 5) is 19.0. The van der Waals surface area contributed by atoms with Gasteiger partial charge in [-0.2, -0.15) is 0 Å². The van der Waals surface area contributed by atoms with Crippen LogP contribution in [0.3, 0.4) is 0 Å². The predicted octanol–water partition coefficient (Wildman–Crippen LogP) is 1.03. The zero-order valence-electron chi connectivity index (χ0n) is 10.1. The maximum absolute atomic E-state index is 11.6. The van der Waals surface area contributed by atoms with E-state index in [0.29, 0.717) is 6.54 Å². The van der Waals surface area contributed by atoms with Gasteiger partial charge in [-0.05, 0) is 25.1 Å². The van der Waals surface area contributed by atoms with Gasteiger partial charge in [0.05, 0.1) is 24.1 Å². The number of benzene rings is 1. The first-order valence-electron chi connectivity index (χ1n) is 5.59. The number of anilines is 1. The molecule has 18 heavy (non-hydrogen) atoms. The number of carbonyl (C=O) groups is 1. The van der Waals surface area contributed by atoms with Crippen molar-refractivity contribution in [1.82, 2.24) is 15.3 Å². The molecule has 5 nitrogen and oxygen atoms in total. The normalized spacial score (nSPS) is 10.2.